The molecule has 5 atom stereocenters. The molecule has 125 heavy (non-hydrogen) atoms. The lowest BCUT2D eigenvalue weighted by Gasteiger charge is -2.21. The van der Waals surface area contributed by atoms with Crippen LogP contribution in [0.2, 0.25) is 0 Å². The van der Waals surface area contributed by atoms with E-state index in [1.165, 1.54) is 212 Å². The van der Waals surface area contributed by atoms with Crippen LogP contribution in [0, 0.1) is 0 Å². The Hall–Kier alpha value is -5.35. The highest BCUT2D eigenvalue weighted by Gasteiger charge is 2.30. The van der Waals surface area contributed by atoms with Gasteiger partial charge in [0.05, 0.1) is 26.4 Å². The van der Waals surface area contributed by atoms with Crippen LogP contribution in [0.15, 0.2) is 182 Å². The molecule has 0 amide bonds. The van der Waals surface area contributed by atoms with E-state index in [2.05, 4.69) is 203 Å². The maximum absolute atomic E-state index is 13.1. The maximum Gasteiger partial charge on any atom is 0.472 e. The summed E-state index contributed by atoms with van der Waals surface area (Å²) >= 11 is 0. The molecule has 0 aromatic heterocycles. The summed E-state index contributed by atoms with van der Waals surface area (Å²) in [6, 6.07) is 0. The second-order valence-corrected chi connectivity index (χ2v) is 36.1. The van der Waals surface area contributed by atoms with Crippen LogP contribution in [-0.2, 0) is 55.8 Å². The van der Waals surface area contributed by atoms with Gasteiger partial charge < -0.3 is 34.2 Å². The number of aliphatic hydroxyl groups is 2. The van der Waals surface area contributed by atoms with Crippen molar-refractivity contribution in [2.45, 2.75) is 437 Å². The average Bonchev–Trinajstić information content (AvgIpc) is 0.893. The number of aliphatic hydroxyl groups excluding tert-OH is 2. The second-order valence-electron chi connectivity index (χ2n) is 33.2. The molecule has 0 aliphatic heterocycles. The molecule has 0 fully saturated rings. The molecule has 0 spiro atoms. The van der Waals surface area contributed by atoms with Crippen molar-refractivity contribution in [3.05, 3.63) is 182 Å². The van der Waals surface area contributed by atoms with Crippen LogP contribution in [0.5, 0.6) is 0 Å². The van der Waals surface area contributed by atoms with Gasteiger partial charge in [0.2, 0.25) is 0 Å². The van der Waals surface area contributed by atoms with Crippen LogP contribution in [0.25, 0.3) is 0 Å². The van der Waals surface area contributed by atoms with Gasteiger partial charge in [0, 0.05) is 19.3 Å². The smallest absolute Gasteiger partial charge is 0.463 e. The molecule has 0 aromatic rings. The first kappa shape index (κ1) is 120. The van der Waals surface area contributed by atoms with E-state index in [1.54, 1.807) is 0 Å². The van der Waals surface area contributed by atoms with E-state index < -0.39 is 91.5 Å². The van der Waals surface area contributed by atoms with E-state index in [0.717, 1.165) is 148 Å². The summed E-state index contributed by atoms with van der Waals surface area (Å²) in [4.78, 5) is 59.1. The van der Waals surface area contributed by atoms with Gasteiger partial charge in [0.1, 0.15) is 25.4 Å². The van der Waals surface area contributed by atoms with E-state index in [9.17, 15) is 43.5 Å². The number of unbranched alkanes of at least 4 members (excludes halogenated alkanes) is 41. The molecular formula is C107H182O16P2. The second kappa shape index (κ2) is 97.7. The highest BCUT2D eigenvalue weighted by Crippen LogP contribution is 2.45. The van der Waals surface area contributed by atoms with Gasteiger partial charge in [0.15, 0.2) is 6.10 Å². The van der Waals surface area contributed by atoms with Crippen LogP contribution < -0.4 is 0 Å². The molecule has 0 bridgehead atoms. The molecule has 0 rings (SSSR count). The fourth-order valence-electron chi connectivity index (χ4n) is 13.6. The summed E-state index contributed by atoms with van der Waals surface area (Å²) in [6.45, 7) is 2.44. The van der Waals surface area contributed by atoms with E-state index in [-0.39, 0.29) is 19.3 Å². The van der Waals surface area contributed by atoms with Crippen molar-refractivity contribution in [2.75, 3.05) is 39.6 Å². The van der Waals surface area contributed by atoms with Crippen molar-refractivity contribution in [3.63, 3.8) is 0 Å². The Bertz CT molecular complexity index is 3000. The molecule has 0 heterocycles. The Kier molecular flexibility index (Phi) is 93.5. The van der Waals surface area contributed by atoms with Crippen LogP contribution in [0.1, 0.15) is 419 Å². The Morgan fingerprint density at radius 3 is 0.680 bits per heavy atom. The quantitative estimate of drug-likeness (QED) is 0.0146. The van der Waals surface area contributed by atoms with Crippen molar-refractivity contribution >= 4 is 33.6 Å². The molecule has 0 saturated heterocycles. The topological polar surface area (TPSA) is 231 Å². The summed E-state index contributed by atoms with van der Waals surface area (Å²) in [7, 11) is -9.83. The van der Waals surface area contributed by atoms with Gasteiger partial charge in [-0.05, 0) is 161 Å². The zero-order valence-corrected chi connectivity index (χ0v) is 81.0. The third kappa shape index (κ3) is 99.1. The summed E-state index contributed by atoms with van der Waals surface area (Å²) in [5, 5.41) is 20.8. The lowest BCUT2D eigenvalue weighted by atomic mass is 10.0. The lowest BCUT2D eigenvalue weighted by molar-refractivity contribution is -0.161. The van der Waals surface area contributed by atoms with E-state index in [0.29, 0.717) is 19.3 Å². The highest BCUT2D eigenvalue weighted by molar-refractivity contribution is 7.47. The molecule has 0 radical (unpaired) electrons. The van der Waals surface area contributed by atoms with Gasteiger partial charge in [-0.25, -0.2) is 9.13 Å². The number of allylic oxidation sites excluding steroid dienone is 30. The zero-order chi connectivity index (χ0) is 90.7. The number of esters is 3. The van der Waals surface area contributed by atoms with Crippen LogP contribution in [0.3, 0.4) is 0 Å². The number of carbonyl (C=O) groups excluding carboxylic acids is 3. The van der Waals surface area contributed by atoms with Gasteiger partial charge in [-0.2, -0.15) is 0 Å². The normalized spacial score (nSPS) is 14.5. The van der Waals surface area contributed by atoms with Gasteiger partial charge in [-0.15, -0.1) is 0 Å². The first-order valence-electron chi connectivity index (χ1n) is 50.1. The largest absolute Gasteiger partial charge is 0.472 e. The number of hydrogen-bond donors (Lipinski definition) is 4. The predicted octanol–water partition coefficient (Wildman–Crippen LogP) is 31.6. The molecule has 0 aromatic carbocycles. The third-order valence-corrected chi connectivity index (χ3v) is 23.0. The monoisotopic (exact) mass is 1790 g/mol. The van der Waals surface area contributed by atoms with Gasteiger partial charge in [0.25, 0.3) is 0 Å². The number of phosphoric ester groups is 2. The van der Waals surface area contributed by atoms with E-state index in [1.807, 2.05) is 0 Å². The number of hydrogen-bond acceptors (Lipinski definition) is 14. The summed E-state index contributed by atoms with van der Waals surface area (Å²) < 4.78 is 61.5. The molecule has 4 N–H and O–H groups in total. The van der Waals surface area contributed by atoms with Gasteiger partial charge in [-0.3, -0.25) is 32.5 Å². The highest BCUT2D eigenvalue weighted by atomic mass is 31.2. The minimum absolute atomic E-state index is 0.0629. The molecule has 0 aliphatic rings. The number of carbonyl (C=O) groups is 3. The molecule has 0 saturated carbocycles. The number of ether oxygens (including phenoxy) is 3. The third-order valence-electron chi connectivity index (χ3n) is 21.1. The van der Waals surface area contributed by atoms with Gasteiger partial charge >= 0.3 is 33.6 Å². The fraction of sp³-hybridized carbons (Fsp3) is 0.692. The van der Waals surface area contributed by atoms with Crippen molar-refractivity contribution in [1.82, 2.24) is 0 Å². The van der Waals surface area contributed by atoms with Crippen molar-refractivity contribution in [3.8, 4) is 0 Å². The predicted molar refractivity (Wildman–Crippen MR) is 528 cm³/mol. The molecular weight excluding hydrogens is 1600 g/mol. The standard InChI is InChI=1S/C107H182O16P2/c1-4-7-10-13-16-19-22-25-28-31-34-36-38-40-42-44-46-48-50-52-54-56-58-60-62-64-67-69-72-75-78-81-84-87-90-93-105(110)117-96-102(108)97-119-124(113,114)120-98-103(109)99-121-125(115,116)122-101-104(123-107(112)95-92-89-86-83-80-77-74-71-66-33-30-27-24-21-18-15-12-9-6-3)100-118-106(111)94-91-88-85-82-79-76-73-70-68-65-63-61-59-57-55-53-51-49-47-45-43-41-39-37-35-32-29-26-23-20-17-14-11-8-5-2/h7,9-10,12,16-21,25-30,34-37,40-43,46,48,66,71,77,80,102-104,108-109H,4-6,8,11,13-15,22-24,31-33,38-39,44-45,47,49-65,67-70,72-76,78-79,81-101H2,1-3H3,(H,113,114)(H,115,116)/b10-7-,12-9-,19-16-,20-17-,21-18-,28-25-,29-26-,30-27-,36-34-,37-35-,42-40-,43-41-,48-46-,71-66-,80-77-. The van der Waals surface area contributed by atoms with Crippen molar-refractivity contribution in [1.29, 1.82) is 0 Å². The number of phosphoric acid groups is 2. The summed E-state index contributed by atoms with van der Waals surface area (Å²) in [5.74, 6) is -1.60. The minimum atomic E-state index is -4.95. The minimum Gasteiger partial charge on any atom is -0.463 e. The van der Waals surface area contributed by atoms with E-state index in [4.69, 9.17) is 32.3 Å². The Morgan fingerprint density at radius 1 is 0.232 bits per heavy atom. The molecule has 716 valence electrons. The Morgan fingerprint density at radius 2 is 0.424 bits per heavy atom. The average molecular weight is 1790 g/mol. The SMILES string of the molecule is CC/C=C\C/C=C\C/C=C\C/C=C\C/C=C\C/C=C\CCCCCCCCCCCCCCCCCCC(=O)OCC(O)COP(=O)(O)OCC(O)COP(=O)(O)OCC(COC(=O)CCCCCCCCCCCCCCCCCCCCC/C=C\C/C=C\C/C=C\C/C=C\CCCCC)OC(=O)CCCCC/C=C\C/C=C\C/C=C\C/C=C\C/C=C\CC. The Labute approximate surface area is 764 Å². The fourth-order valence-corrected chi connectivity index (χ4v) is 15.2. The van der Waals surface area contributed by atoms with Crippen LogP contribution in [-0.4, -0.2) is 95.9 Å². The van der Waals surface area contributed by atoms with Crippen LogP contribution in [0.4, 0.5) is 0 Å². The van der Waals surface area contributed by atoms with E-state index >= 15 is 0 Å². The van der Waals surface area contributed by atoms with Crippen molar-refractivity contribution in [2.24, 2.45) is 0 Å². The molecule has 0 aliphatic carbocycles. The zero-order valence-electron chi connectivity index (χ0n) is 79.2. The molecule has 16 nitrogen and oxygen atoms in total. The summed E-state index contributed by atoms with van der Waals surface area (Å²) in [6.07, 6.45) is 130. The maximum atomic E-state index is 13.1. The lowest BCUT2D eigenvalue weighted by Crippen LogP contribution is -2.30. The Balaban J connectivity index is 4.50. The molecule has 5 unspecified atom stereocenters. The molecule has 18 heteroatoms. The first-order chi connectivity index (χ1) is 61.2. The van der Waals surface area contributed by atoms with Crippen molar-refractivity contribution < 1.29 is 75.8 Å². The summed E-state index contributed by atoms with van der Waals surface area (Å²) in [5.41, 5.74) is 0. The first-order valence-corrected chi connectivity index (χ1v) is 53.1. The number of rotatable bonds is 94. The van der Waals surface area contributed by atoms with Gasteiger partial charge in [-0.1, -0.05) is 421 Å². The van der Waals surface area contributed by atoms with Crippen LogP contribution >= 0.6 is 15.6 Å².